The van der Waals surface area contributed by atoms with Crippen LogP contribution < -0.4 is 15.0 Å². The Morgan fingerprint density at radius 3 is 2.41 bits per heavy atom. The lowest BCUT2D eigenvalue weighted by atomic mass is 10.0. The first-order chi connectivity index (χ1) is 21.0. The van der Waals surface area contributed by atoms with Gasteiger partial charge in [-0.1, -0.05) is 53.7 Å². The van der Waals surface area contributed by atoms with Gasteiger partial charge in [0.1, 0.15) is 12.1 Å². The van der Waals surface area contributed by atoms with E-state index in [2.05, 4.69) is 37.3 Å². The number of hydrogen-bond acceptors (Lipinski definition) is 6. The standard InChI is InChI=1S/C31H29F3N6O2S2/c1-19-15-20(2)27(21(3)16-19)40-26(41)17-44-30(40)37-29(43)35-14-4-5-22-6-8-23(9-7-22)28-36-18-39(38-28)24-10-12-25(13-11-24)42-31(32,33)34/h6-13,15-16,18H,4-5,14,17H2,1-3H3,(H,35,43)/b37-30-. The first-order valence-corrected chi connectivity index (χ1v) is 15.1. The predicted octanol–water partition coefficient (Wildman–Crippen LogP) is 6.70. The first-order valence-electron chi connectivity index (χ1n) is 13.7. The number of anilines is 1. The van der Waals surface area contributed by atoms with Gasteiger partial charge in [0.2, 0.25) is 5.91 Å². The summed E-state index contributed by atoms with van der Waals surface area (Å²) in [5, 5.41) is 8.55. The average molecular weight is 639 g/mol. The number of aromatic nitrogens is 3. The number of aliphatic imine (C=N–C) groups is 1. The van der Waals surface area contributed by atoms with E-state index in [4.69, 9.17) is 12.2 Å². The summed E-state index contributed by atoms with van der Waals surface area (Å²) in [7, 11) is 0. The van der Waals surface area contributed by atoms with Gasteiger partial charge in [-0.25, -0.2) is 9.67 Å². The molecule has 1 fully saturated rings. The van der Waals surface area contributed by atoms with E-state index in [0.717, 1.165) is 46.3 Å². The summed E-state index contributed by atoms with van der Waals surface area (Å²) in [6, 6.07) is 17.4. The van der Waals surface area contributed by atoms with Gasteiger partial charge in [-0.2, -0.15) is 4.99 Å². The van der Waals surface area contributed by atoms with Crippen LogP contribution >= 0.6 is 24.0 Å². The molecule has 228 valence electrons. The zero-order valence-corrected chi connectivity index (χ0v) is 25.8. The van der Waals surface area contributed by atoms with Crippen LogP contribution in [0.2, 0.25) is 0 Å². The molecule has 0 atom stereocenters. The van der Waals surface area contributed by atoms with Gasteiger partial charge < -0.3 is 10.1 Å². The molecule has 1 saturated heterocycles. The lowest BCUT2D eigenvalue weighted by Gasteiger charge is -2.21. The molecule has 1 aromatic heterocycles. The lowest BCUT2D eigenvalue weighted by molar-refractivity contribution is -0.274. The van der Waals surface area contributed by atoms with Crippen molar-refractivity contribution in [2.24, 2.45) is 4.99 Å². The highest BCUT2D eigenvalue weighted by molar-refractivity contribution is 8.15. The van der Waals surface area contributed by atoms with Crippen LogP contribution in [0.1, 0.15) is 28.7 Å². The van der Waals surface area contributed by atoms with E-state index in [1.165, 1.54) is 47.0 Å². The molecule has 1 aliphatic heterocycles. The van der Waals surface area contributed by atoms with E-state index >= 15 is 0 Å². The maximum Gasteiger partial charge on any atom is 0.573 e. The summed E-state index contributed by atoms with van der Waals surface area (Å²) in [5.74, 6) is 0.507. The molecule has 4 aromatic rings. The van der Waals surface area contributed by atoms with Crippen molar-refractivity contribution >= 4 is 45.9 Å². The number of carbonyl (C=O) groups excluding carboxylic acids is 1. The third kappa shape index (κ3) is 7.64. The molecule has 0 spiro atoms. The van der Waals surface area contributed by atoms with Crippen molar-refractivity contribution in [2.45, 2.75) is 40.0 Å². The minimum atomic E-state index is -4.74. The largest absolute Gasteiger partial charge is 0.573 e. The number of thioether (sulfide) groups is 1. The van der Waals surface area contributed by atoms with E-state index in [9.17, 15) is 18.0 Å². The highest BCUT2D eigenvalue weighted by atomic mass is 32.2. The van der Waals surface area contributed by atoms with Crippen LogP contribution in [-0.4, -0.2) is 49.6 Å². The molecule has 1 aliphatic rings. The summed E-state index contributed by atoms with van der Waals surface area (Å²) < 4.78 is 42.6. The molecule has 0 bridgehead atoms. The molecule has 0 saturated carbocycles. The van der Waals surface area contributed by atoms with Gasteiger partial charge in [0.05, 0.1) is 17.1 Å². The zero-order chi connectivity index (χ0) is 31.4. The van der Waals surface area contributed by atoms with Gasteiger partial charge in [0.15, 0.2) is 16.1 Å². The second kappa shape index (κ2) is 13.2. The number of aryl methyl sites for hydroxylation is 4. The molecule has 44 heavy (non-hydrogen) atoms. The molecule has 0 radical (unpaired) electrons. The molecule has 3 aromatic carbocycles. The number of ether oxygens (including phenoxy) is 1. The Morgan fingerprint density at radius 2 is 1.75 bits per heavy atom. The van der Waals surface area contributed by atoms with Crippen LogP contribution in [0.15, 0.2) is 72.0 Å². The van der Waals surface area contributed by atoms with Crippen molar-refractivity contribution in [3.8, 4) is 22.8 Å². The second-order valence-corrected chi connectivity index (χ2v) is 11.6. The Labute approximate surface area is 262 Å². The van der Waals surface area contributed by atoms with Gasteiger partial charge in [0, 0.05) is 12.1 Å². The van der Waals surface area contributed by atoms with E-state index in [1.54, 1.807) is 4.90 Å². The Kier molecular flexibility index (Phi) is 9.35. The van der Waals surface area contributed by atoms with E-state index in [0.29, 0.717) is 34.1 Å². The van der Waals surface area contributed by atoms with Crippen molar-refractivity contribution in [3.63, 3.8) is 0 Å². The molecular weight excluding hydrogens is 610 g/mol. The fourth-order valence-corrected chi connectivity index (χ4v) is 6.05. The molecular formula is C31H29F3N6O2S2. The number of amidine groups is 1. The number of nitrogens with one attached hydrogen (secondary N) is 1. The van der Waals surface area contributed by atoms with Crippen molar-refractivity contribution < 1.29 is 22.7 Å². The maximum absolute atomic E-state index is 12.7. The normalized spacial score (nSPS) is 14.4. The number of alkyl halides is 3. The number of thiocarbonyl (C=S) groups is 1. The lowest BCUT2D eigenvalue weighted by Crippen LogP contribution is -2.32. The van der Waals surface area contributed by atoms with Crippen LogP contribution in [0.25, 0.3) is 17.1 Å². The van der Waals surface area contributed by atoms with E-state index in [1.807, 2.05) is 45.0 Å². The van der Waals surface area contributed by atoms with Gasteiger partial charge in [-0.05, 0) is 86.8 Å². The number of nitrogens with zero attached hydrogens (tertiary/aromatic N) is 5. The third-order valence-corrected chi connectivity index (χ3v) is 7.94. The van der Waals surface area contributed by atoms with Gasteiger partial charge in [-0.3, -0.25) is 9.69 Å². The summed E-state index contributed by atoms with van der Waals surface area (Å²) in [6.07, 6.45) is -1.62. The smallest absolute Gasteiger partial charge is 0.406 e. The van der Waals surface area contributed by atoms with Crippen molar-refractivity contribution in [2.75, 3.05) is 17.2 Å². The third-order valence-electron chi connectivity index (χ3n) is 6.78. The Balaban J connectivity index is 1.13. The minimum Gasteiger partial charge on any atom is -0.406 e. The number of hydrogen-bond donors (Lipinski definition) is 1. The first kappa shape index (κ1) is 31.2. The van der Waals surface area contributed by atoms with E-state index < -0.39 is 6.36 Å². The highest BCUT2D eigenvalue weighted by Gasteiger charge is 2.32. The SMILES string of the molecule is Cc1cc(C)c(N2C(=O)CS/C2=N\C(=S)NCCCc2ccc(-c3ncn(-c4ccc(OC(F)(F)F)cc4)n3)cc2)c(C)c1. The number of halogens is 3. The maximum atomic E-state index is 12.7. The number of rotatable bonds is 8. The number of benzene rings is 3. The van der Waals surface area contributed by atoms with Crippen LogP contribution in [0.3, 0.4) is 0 Å². The number of amides is 1. The van der Waals surface area contributed by atoms with Crippen molar-refractivity contribution in [3.05, 3.63) is 89.2 Å². The molecule has 5 rings (SSSR count). The molecule has 8 nitrogen and oxygen atoms in total. The van der Waals surface area contributed by atoms with Gasteiger partial charge >= 0.3 is 6.36 Å². The monoisotopic (exact) mass is 638 g/mol. The predicted molar refractivity (Wildman–Crippen MR) is 170 cm³/mol. The molecule has 2 heterocycles. The van der Waals surface area contributed by atoms with Crippen LogP contribution in [0.4, 0.5) is 18.9 Å². The van der Waals surface area contributed by atoms with E-state index in [-0.39, 0.29) is 11.7 Å². The highest BCUT2D eigenvalue weighted by Crippen LogP contribution is 2.33. The summed E-state index contributed by atoms with van der Waals surface area (Å²) in [5.41, 5.74) is 6.54. The molecule has 1 N–H and O–H groups in total. The molecule has 0 unspecified atom stereocenters. The second-order valence-electron chi connectivity index (χ2n) is 10.2. The molecule has 0 aliphatic carbocycles. The quantitative estimate of drug-likeness (QED) is 0.170. The zero-order valence-electron chi connectivity index (χ0n) is 24.2. The van der Waals surface area contributed by atoms with Gasteiger partial charge in [-0.15, -0.1) is 18.3 Å². The Morgan fingerprint density at radius 1 is 1.07 bits per heavy atom. The topological polar surface area (TPSA) is 84.6 Å². The fourth-order valence-electron chi connectivity index (χ4n) is 4.94. The minimum absolute atomic E-state index is 0.00867. The van der Waals surface area contributed by atoms with Crippen LogP contribution in [0.5, 0.6) is 5.75 Å². The van der Waals surface area contributed by atoms with Crippen LogP contribution in [-0.2, 0) is 11.2 Å². The summed E-state index contributed by atoms with van der Waals surface area (Å²) in [4.78, 5) is 23.3. The molecule has 13 heteroatoms. The summed E-state index contributed by atoms with van der Waals surface area (Å²) >= 11 is 6.85. The summed E-state index contributed by atoms with van der Waals surface area (Å²) in [6.45, 7) is 6.65. The van der Waals surface area contributed by atoms with Crippen molar-refractivity contribution in [1.29, 1.82) is 0 Å². The fraction of sp³-hybridized carbons (Fsp3) is 0.258. The number of carbonyl (C=O) groups is 1. The Hall–Kier alpha value is -4.23. The van der Waals surface area contributed by atoms with Crippen LogP contribution in [0, 0.1) is 20.8 Å². The Bertz CT molecular complexity index is 1680. The average Bonchev–Trinajstić information content (AvgIpc) is 3.58. The van der Waals surface area contributed by atoms with Gasteiger partial charge in [0.25, 0.3) is 0 Å². The molecule has 1 amide bonds. The van der Waals surface area contributed by atoms with Crippen molar-refractivity contribution in [1.82, 2.24) is 20.1 Å².